The first-order valence-corrected chi connectivity index (χ1v) is 3.62. The van der Waals surface area contributed by atoms with Crippen LogP contribution in [0.15, 0.2) is 35.8 Å². The average molecular weight is 159 g/mol. The molecule has 0 unspecified atom stereocenters. The maximum atomic E-state index is 9.86. The van der Waals surface area contributed by atoms with E-state index in [1.54, 1.807) is 6.08 Å². The van der Waals surface area contributed by atoms with Gasteiger partial charge in [-0.1, -0.05) is 36.9 Å². The summed E-state index contributed by atoms with van der Waals surface area (Å²) in [6.07, 6.45) is 3.25. The van der Waals surface area contributed by atoms with Gasteiger partial charge in [-0.3, -0.25) is 0 Å². The normalized spacial score (nSPS) is 8.67. The lowest BCUT2D eigenvalue weighted by Crippen LogP contribution is -1.85. The Hall–Kier alpha value is -1.66. The number of hydrogen-bond donors (Lipinski definition) is 0. The Morgan fingerprint density at radius 3 is 2.92 bits per heavy atom. The fourth-order valence-corrected chi connectivity index (χ4v) is 0.995. The third-order valence-corrected chi connectivity index (χ3v) is 1.59. The van der Waals surface area contributed by atoms with Crippen molar-refractivity contribution in [1.82, 2.24) is 0 Å². The van der Waals surface area contributed by atoms with Crippen LogP contribution in [0.4, 0.5) is 0 Å². The number of nitrogens with zero attached hydrogens (tertiary/aromatic N) is 1. The number of hydrogen-bond acceptors (Lipinski definition) is 2. The molecule has 1 aromatic carbocycles. The van der Waals surface area contributed by atoms with Gasteiger partial charge in [0.2, 0.25) is 6.08 Å². The second-order valence-electron chi connectivity index (χ2n) is 2.31. The quantitative estimate of drug-likeness (QED) is 0.491. The summed E-state index contributed by atoms with van der Waals surface area (Å²) in [6, 6.07) is 7.67. The molecule has 0 saturated carbocycles. The van der Waals surface area contributed by atoms with Crippen molar-refractivity contribution in [3.63, 3.8) is 0 Å². The van der Waals surface area contributed by atoms with E-state index in [0.717, 1.165) is 11.1 Å². The smallest absolute Gasteiger partial charge is 0.211 e. The lowest BCUT2D eigenvalue weighted by molar-refractivity contribution is 0.563. The molecular weight excluding hydrogens is 150 g/mol. The highest BCUT2D eigenvalue weighted by molar-refractivity contribution is 5.52. The molecule has 0 saturated heterocycles. The van der Waals surface area contributed by atoms with Gasteiger partial charge in [-0.05, 0) is 11.1 Å². The van der Waals surface area contributed by atoms with Crippen LogP contribution in [0, 0.1) is 0 Å². The van der Waals surface area contributed by atoms with Crippen molar-refractivity contribution >= 4 is 12.2 Å². The van der Waals surface area contributed by atoms with Gasteiger partial charge in [-0.25, -0.2) is 9.79 Å². The van der Waals surface area contributed by atoms with E-state index < -0.39 is 0 Å². The summed E-state index contributed by atoms with van der Waals surface area (Å²) in [6.45, 7) is 4.04. The van der Waals surface area contributed by atoms with Crippen LogP contribution in [0.3, 0.4) is 0 Å². The van der Waals surface area contributed by atoms with Crippen LogP contribution in [0.1, 0.15) is 11.1 Å². The molecule has 12 heavy (non-hydrogen) atoms. The summed E-state index contributed by atoms with van der Waals surface area (Å²) in [7, 11) is 0. The zero-order valence-electron chi connectivity index (χ0n) is 6.66. The number of isocyanates is 1. The van der Waals surface area contributed by atoms with E-state index in [9.17, 15) is 4.79 Å². The molecule has 0 spiro atoms. The van der Waals surface area contributed by atoms with Crippen molar-refractivity contribution in [3.8, 4) is 0 Å². The number of aliphatic imine (C=N–C) groups is 1. The molecule has 1 rings (SSSR count). The Kier molecular flexibility index (Phi) is 3.00. The minimum absolute atomic E-state index is 0.381. The number of benzene rings is 1. The van der Waals surface area contributed by atoms with Crippen LogP contribution < -0.4 is 0 Å². The zero-order chi connectivity index (χ0) is 8.81. The molecule has 0 aliphatic heterocycles. The number of carbonyl (C=O) groups excluding carboxylic acids is 1. The minimum Gasteiger partial charge on any atom is -0.211 e. The molecule has 60 valence electrons. The van der Waals surface area contributed by atoms with Crippen LogP contribution in [0.2, 0.25) is 0 Å². The second kappa shape index (κ2) is 4.27. The van der Waals surface area contributed by atoms with Gasteiger partial charge in [-0.15, -0.1) is 0 Å². The van der Waals surface area contributed by atoms with Crippen LogP contribution in [-0.4, -0.2) is 6.08 Å². The zero-order valence-corrected chi connectivity index (χ0v) is 6.66. The van der Waals surface area contributed by atoms with E-state index in [0.29, 0.717) is 6.54 Å². The maximum Gasteiger partial charge on any atom is 0.235 e. The Labute approximate surface area is 71.3 Å². The first-order valence-electron chi connectivity index (χ1n) is 3.62. The molecule has 0 bridgehead atoms. The molecule has 0 aliphatic rings. The third-order valence-electron chi connectivity index (χ3n) is 1.59. The Morgan fingerprint density at radius 2 is 2.25 bits per heavy atom. The standard InChI is InChI=1S/C10H9NO/c1-2-9-5-3-4-6-10(9)7-11-8-12/h2-6H,1,7H2. The van der Waals surface area contributed by atoms with Gasteiger partial charge in [0.25, 0.3) is 0 Å². The average Bonchev–Trinajstić information content (AvgIpc) is 2.15. The SMILES string of the molecule is C=Cc1ccccc1CN=C=O. The third kappa shape index (κ3) is 1.91. The van der Waals surface area contributed by atoms with Gasteiger partial charge in [0.1, 0.15) is 0 Å². The van der Waals surface area contributed by atoms with Gasteiger partial charge in [0.05, 0.1) is 6.54 Å². The predicted octanol–water partition coefficient (Wildman–Crippen LogP) is 2.17. The molecular formula is C10H9NO. The summed E-state index contributed by atoms with van der Waals surface area (Å²) < 4.78 is 0. The highest BCUT2D eigenvalue weighted by Crippen LogP contribution is 2.10. The highest BCUT2D eigenvalue weighted by atomic mass is 16.1. The molecule has 0 aliphatic carbocycles. The van der Waals surface area contributed by atoms with E-state index >= 15 is 0 Å². The Bertz CT molecular complexity index is 324. The van der Waals surface area contributed by atoms with Crippen LogP contribution in [-0.2, 0) is 11.3 Å². The lowest BCUT2D eigenvalue weighted by Gasteiger charge is -1.99. The molecule has 0 aromatic heterocycles. The molecule has 0 atom stereocenters. The molecule has 0 amide bonds. The van der Waals surface area contributed by atoms with E-state index in [-0.39, 0.29) is 0 Å². The van der Waals surface area contributed by atoms with Crippen molar-refractivity contribution < 1.29 is 4.79 Å². The lowest BCUT2D eigenvalue weighted by atomic mass is 10.1. The Balaban J connectivity index is 2.96. The monoisotopic (exact) mass is 159 g/mol. The summed E-state index contributed by atoms with van der Waals surface area (Å²) in [4.78, 5) is 13.4. The van der Waals surface area contributed by atoms with Gasteiger partial charge in [0.15, 0.2) is 0 Å². The van der Waals surface area contributed by atoms with Crippen LogP contribution >= 0.6 is 0 Å². The van der Waals surface area contributed by atoms with E-state index in [4.69, 9.17) is 0 Å². The Morgan fingerprint density at radius 1 is 1.50 bits per heavy atom. The molecule has 0 N–H and O–H groups in total. The fraction of sp³-hybridized carbons (Fsp3) is 0.100. The molecule has 0 radical (unpaired) electrons. The molecule has 0 heterocycles. The minimum atomic E-state index is 0.381. The summed E-state index contributed by atoms with van der Waals surface area (Å²) >= 11 is 0. The fourth-order valence-electron chi connectivity index (χ4n) is 0.995. The maximum absolute atomic E-state index is 9.86. The number of rotatable bonds is 3. The van der Waals surface area contributed by atoms with E-state index in [1.807, 2.05) is 24.3 Å². The van der Waals surface area contributed by atoms with Gasteiger partial charge >= 0.3 is 0 Å². The van der Waals surface area contributed by atoms with Crippen LogP contribution in [0.25, 0.3) is 6.08 Å². The van der Waals surface area contributed by atoms with Crippen molar-refractivity contribution in [1.29, 1.82) is 0 Å². The van der Waals surface area contributed by atoms with Crippen molar-refractivity contribution in [2.75, 3.05) is 0 Å². The van der Waals surface area contributed by atoms with Gasteiger partial charge in [-0.2, -0.15) is 0 Å². The summed E-state index contributed by atoms with van der Waals surface area (Å²) in [5.74, 6) is 0. The van der Waals surface area contributed by atoms with Gasteiger partial charge < -0.3 is 0 Å². The molecule has 2 nitrogen and oxygen atoms in total. The first-order chi connectivity index (χ1) is 5.88. The summed E-state index contributed by atoms with van der Waals surface area (Å²) in [5.41, 5.74) is 2.01. The van der Waals surface area contributed by atoms with Crippen molar-refractivity contribution in [2.24, 2.45) is 4.99 Å². The molecule has 2 heteroatoms. The van der Waals surface area contributed by atoms with Gasteiger partial charge in [0, 0.05) is 0 Å². The largest absolute Gasteiger partial charge is 0.235 e. The van der Waals surface area contributed by atoms with E-state index in [2.05, 4.69) is 11.6 Å². The van der Waals surface area contributed by atoms with Crippen molar-refractivity contribution in [3.05, 3.63) is 42.0 Å². The topological polar surface area (TPSA) is 29.4 Å². The first kappa shape index (κ1) is 8.44. The van der Waals surface area contributed by atoms with Crippen molar-refractivity contribution in [2.45, 2.75) is 6.54 Å². The highest BCUT2D eigenvalue weighted by Gasteiger charge is 1.94. The van der Waals surface area contributed by atoms with Crippen LogP contribution in [0.5, 0.6) is 0 Å². The predicted molar refractivity (Wildman–Crippen MR) is 48.4 cm³/mol. The molecule has 1 aromatic rings. The van der Waals surface area contributed by atoms with E-state index in [1.165, 1.54) is 6.08 Å². The second-order valence-corrected chi connectivity index (χ2v) is 2.31. The molecule has 0 fully saturated rings. The summed E-state index contributed by atoms with van der Waals surface area (Å²) in [5, 5.41) is 0.